The minimum absolute atomic E-state index is 0.201. The third-order valence-electron chi connectivity index (χ3n) is 4.26. The molecule has 0 aromatic heterocycles. The fourth-order valence-corrected chi connectivity index (χ4v) is 3.18. The molecule has 1 aromatic rings. The Labute approximate surface area is 138 Å². The van der Waals surface area contributed by atoms with Crippen LogP contribution in [0.4, 0.5) is 0 Å². The Morgan fingerprint density at radius 3 is 2.17 bits per heavy atom. The molecule has 4 heteroatoms. The maximum Gasteiger partial charge on any atom is 0.338 e. The lowest BCUT2D eigenvalue weighted by molar-refractivity contribution is -0.125. The molecule has 1 aliphatic rings. The molecule has 126 valence electrons. The number of hydrogen-bond donors (Lipinski definition) is 1. The number of amides is 1. The summed E-state index contributed by atoms with van der Waals surface area (Å²) >= 11 is 0. The molecule has 0 aliphatic heterocycles. The number of ether oxygens (including phenoxy) is 1. The maximum absolute atomic E-state index is 12.0. The predicted molar refractivity (Wildman–Crippen MR) is 90.4 cm³/mol. The van der Waals surface area contributed by atoms with Crippen LogP contribution in [-0.2, 0) is 9.53 Å². The van der Waals surface area contributed by atoms with Crippen LogP contribution in [0.5, 0.6) is 0 Å². The molecule has 1 saturated carbocycles. The van der Waals surface area contributed by atoms with E-state index in [1.807, 2.05) is 19.9 Å². The van der Waals surface area contributed by atoms with Gasteiger partial charge in [0.2, 0.25) is 0 Å². The third-order valence-corrected chi connectivity index (χ3v) is 4.26. The molecule has 2 rings (SSSR count). The maximum atomic E-state index is 12.0. The van der Waals surface area contributed by atoms with Crippen molar-refractivity contribution in [3.63, 3.8) is 0 Å². The molecular formula is C19H27NO3. The Kier molecular flexibility index (Phi) is 6.63. The van der Waals surface area contributed by atoms with E-state index in [0.717, 1.165) is 36.8 Å². The van der Waals surface area contributed by atoms with E-state index in [9.17, 15) is 9.59 Å². The van der Waals surface area contributed by atoms with Crippen LogP contribution < -0.4 is 5.32 Å². The van der Waals surface area contributed by atoms with E-state index in [0.29, 0.717) is 5.56 Å². The van der Waals surface area contributed by atoms with Gasteiger partial charge in [-0.3, -0.25) is 4.79 Å². The van der Waals surface area contributed by atoms with E-state index >= 15 is 0 Å². The molecule has 1 aromatic carbocycles. The molecule has 1 aliphatic carbocycles. The Morgan fingerprint density at radius 1 is 1.00 bits per heavy atom. The van der Waals surface area contributed by atoms with Crippen LogP contribution in [-0.4, -0.2) is 24.5 Å². The first-order valence-electron chi connectivity index (χ1n) is 8.59. The zero-order chi connectivity index (χ0) is 16.7. The summed E-state index contributed by atoms with van der Waals surface area (Å²) in [6, 6.07) is 5.78. The number of hydrogen-bond acceptors (Lipinski definition) is 3. The Balaban J connectivity index is 1.79. The monoisotopic (exact) mass is 317 g/mol. The molecule has 1 amide bonds. The average molecular weight is 317 g/mol. The highest BCUT2D eigenvalue weighted by atomic mass is 16.5. The number of carbonyl (C=O) groups excluding carboxylic acids is 2. The summed E-state index contributed by atoms with van der Waals surface area (Å²) in [7, 11) is 0. The average Bonchev–Trinajstić information content (AvgIpc) is 2.46. The number of rotatable bonds is 4. The first-order valence-corrected chi connectivity index (χ1v) is 8.59. The van der Waals surface area contributed by atoms with Crippen LogP contribution in [0.25, 0.3) is 0 Å². The van der Waals surface area contributed by atoms with Crippen LogP contribution in [0, 0.1) is 13.8 Å². The van der Waals surface area contributed by atoms with E-state index in [4.69, 9.17) is 4.74 Å². The van der Waals surface area contributed by atoms with Gasteiger partial charge in [-0.05, 0) is 38.8 Å². The molecule has 0 radical (unpaired) electrons. The van der Waals surface area contributed by atoms with Crippen molar-refractivity contribution in [1.29, 1.82) is 0 Å². The van der Waals surface area contributed by atoms with Crippen LogP contribution in [0.2, 0.25) is 0 Å². The highest BCUT2D eigenvalue weighted by Crippen LogP contribution is 2.17. The predicted octanol–water partition coefficient (Wildman–Crippen LogP) is 3.69. The highest BCUT2D eigenvalue weighted by Gasteiger charge is 2.16. The van der Waals surface area contributed by atoms with Crippen LogP contribution in [0.15, 0.2) is 18.2 Å². The van der Waals surface area contributed by atoms with Crippen molar-refractivity contribution >= 4 is 11.9 Å². The Morgan fingerprint density at radius 2 is 1.57 bits per heavy atom. The third kappa shape index (κ3) is 6.05. The van der Waals surface area contributed by atoms with Gasteiger partial charge >= 0.3 is 5.97 Å². The standard InChI is InChI=1S/C19H27NO3/c1-14-10-15(2)12-16(11-14)19(22)23-13-18(21)20-17-8-6-4-3-5-7-9-17/h10-12,17H,3-9,13H2,1-2H3,(H,20,21). The summed E-state index contributed by atoms with van der Waals surface area (Å²) < 4.78 is 5.15. The van der Waals surface area contributed by atoms with E-state index in [1.165, 1.54) is 19.3 Å². The molecule has 0 saturated heterocycles. The van der Waals surface area contributed by atoms with Crippen molar-refractivity contribution in [2.24, 2.45) is 0 Å². The zero-order valence-electron chi connectivity index (χ0n) is 14.2. The van der Waals surface area contributed by atoms with Crippen LogP contribution in [0.1, 0.15) is 66.4 Å². The normalized spacial score (nSPS) is 16.3. The van der Waals surface area contributed by atoms with Crippen molar-refractivity contribution in [3.05, 3.63) is 34.9 Å². The second-order valence-corrected chi connectivity index (χ2v) is 6.56. The summed E-state index contributed by atoms with van der Waals surface area (Å²) in [4.78, 5) is 24.0. The van der Waals surface area contributed by atoms with Gasteiger partial charge in [0.25, 0.3) is 5.91 Å². The SMILES string of the molecule is Cc1cc(C)cc(C(=O)OCC(=O)NC2CCCCCCC2)c1. The van der Waals surface area contributed by atoms with E-state index in [1.54, 1.807) is 12.1 Å². The first kappa shape index (κ1) is 17.5. The number of carbonyl (C=O) groups is 2. The number of nitrogens with one attached hydrogen (secondary N) is 1. The molecule has 4 nitrogen and oxygen atoms in total. The summed E-state index contributed by atoms with van der Waals surface area (Å²) in [6.45, 7) is 3.67. The molecule has 0 heterocycles. The van der Waals surface area contributed by atoms with Gasteiger partial charge in [-0.2, -0.15) is 0 Å². The number of aryl methyl sites for hydroxylation is 2. The van der Waals surface area contributed by atoms with Gasteiger partial charge < -0.3 is 10.1 Å². The summed E-state index contributed by atoms with van der Waals surface area (Å²) in [5, 5.41) is 3.00. The minimum Gasteiger partial charge on any atom is -0.452 e. The van der Waals surface area contributed by atoms with Gasteiger partial charge in [0.15, 0.2) is 6.61 Å². The molecule has 23 heavy (non-hydrogen) atoms. The van der Waals surface area contributed by atoms with Gasteiger partial charge in [-0.25, -0.2) is 4.79 Å². The summed E-state index contributed by atoms with van der Waals surface area (Å²) in [5.74, 6) is -0.641. The highest BCUT2D eigenvalue weighted by molar-refractivity contribution is 5.91. The van der Waals surface area contributed by atoms with Crippen LogP contribution in [0.3, 0.4) is 0 Å². The van der Waals surface area contributed by atoms with Crippen LogP contribution >= 0.6 is 0 Å². The van der Waals surface area contributed by atoms with Crippen molar-refractivity contribution < 1.29 is 14.3 Å². The van der Waals surface area contributed by atoms with E-state index < -0.39 is 5.97 Å². The zero-order valence-corrected chi connectivity index (χ0v) is 14.2. The molecule has 1 N–H and O–H groups in total. The lowest BCUT2D eigenvalue weighted by Gasteiger charge is -2.20. The fourth-order valence-electron chi connectivity index (χ4n) is 3.18. The lowest BCUT2D eigenvalue weighted by Crippen LogP contribution is -2.38. The van der Waals surface area contributed by atoms with Gasteiger partial charge in [0.1, 0.15) is 0 Å². The Bertz CT molecular complexity index is 525. The second kappa shape index (κ2) is 8.70. The van der Waals surface area contributed by atoms with E-state index in [2.05, 4.69) is 5.32 Å². The van der Waals surface area contributed by atoms with Gasteiger partial charge in [-0.15, -0.1) is 0 Å². The first-order chi connectivity index (χ1) is 11.0. The lowest BCUT2D eigenvalue weighted by atomic mass is 9.97. The Hall–Kier alpha value is -1.84. The quantitative estimate of drug-likeness (QED) is 0.862. The molecule has 0 spiro atoms. The number of esters is 1. The molecule has 0 bridgehead atoms. The van der Waals surface area contributed by atoms with Gasteiger partial charge in [0.05, 0.1) is 5.56 Å². The largest absolute Gasteiger partial charge is 0.452 e. The van der Waals surface area contributed by atoms with E-state index in [-0.39, 0.29) is 18.6 Å². The van der Waals surface area contributed by atoms with Gasteiger partial charge in [0, 0.05) is 6.04 Å². The topological polar surface area (TPSA) is 55.4 Å². The molecule has 1 fully saturated rings. The van der Waals surface area contributed by atoms with Crippen molar-refractivity contribution in [2.75, 3.05) is 6.61 Å². The summed E-state index contributed by atoms with van der Waals surface area (Å²) in [5.41, 5.74) is 2.52. The van der Waals surface area contributed by atoms with Crippen molar-refractivity contribution in [3.8, 4) is 0 Å². The smallest absolute Gasteiger partial charge is 0.338 e. The number of benzene rings is 1. The van der Waals surface area contributed by atoms with Crippen molar-refractivity contribution in [2.45, 2.75) is 64.8 Å². The minimum atomic E-state index is -0.440. The molecule has 0 atom stereocenters. The molecular weight excluding hydrogens is 290 g/mol. The fraction of sp³-hybridized carbons (Fsp3) is 0.579. The summed E-state index contributed by atoms with van der Waals surface area (Å²) in [6.07, 6.45) is 8.16. The van der Waals surface area contributed by atoms with Gasteiger partial charge in [-0.1, -0.05) is 49.3 Å². The molecule has 0 unspecified atom stereocenters. The second-order valence-electron chi connectivity index (χ2n) is 6.56. The van der Waals surface area contributed by atoms with Crippen molar-refractivity contribution in [1.82, 2.24) is 5.32 Å².